The summed E-state index contributed by atoms with van der Waals surface area (Å²) in [6.07, 6.45) is 6.09. The molecule has 5 heteroatoms. The maximum atomic E-state index is 13.0. The minimum atomic E-state index is -0.806. The Morgan fingerprint density at radius 2 is 1.54 bits per heavy atom. The second kappa shape index (κ2) is 6.08. The summed E-state index contributed by atoms with van der Waals surface area (Å²) in [5.41, 5.74) is 2.67. The third-order valence-electron chi connectivity index (χ3n) is 6.29. The summed E-state index contributed by atoms with van der Waals surface area (Å²) in [6.45, 7) is 5.50. The molecule has 2 fully saturated rings. The molecule has 1 N–H and O–H groups in total. The van der Waals surface area contributed by atoms with Crippen LogP contribution in [0.4, 0.5) is 5.69 Å². The lowest BCUT2D eigenvalue weighted by Crippen LogP contribution is -2.46. The second-order valence-electron chi connectivity index (χ2n) is 7.82. The van der Waals surface area contributed by atoms with Gasteiger partial charge in [-0.3, -0.25) is 19.3 Å². The number of aryl methyl sites for hydroxylation is 2. The van der Waals surface area contributed by atoms with Crippen molar-refractivity contribution in [2.45, 2.75) is 39.7 Å². The molecule has 0 radical (unpaired) electrons. The highest BCUT2D eigenvalue weighted by molar-refractivity contribution is 6.10. The maximum absolute atomic E-state index is 13.0. The number of anilines is 1. The van der Waals surface area contributed by atoms with E-state index in [1.807, 2.05) is 32.0 Å². The fourth-order valence-electron chi connectivity index (χ4n) is 4.84. The Morgan fingerprint density at radius 1 is 1.04 bits per heavy atom. The molecular formula is C21H24N2O3. The molecule has 136 valence electrons. The molecule has 2 bridgehead atoms. The highest BCUT2D eigenvalue weighted by atomic mass is 16.2. The zero-order valence-corrected chi connectivity index (χ0v) is 15.4. The van der Waals surface area contributed by atoms with Crippen molar-refractivity contribution in [2.75, 3.05) is 5.32 Å². The van der Waals surface area contributed by atoms with Gasteiger partial charge in [0.05, 0.1) is 11.8 Å². The van der Waals surface area contributed by atoms with Gasteiger partial charge in [0.2, 0.25) is 17.7 Å². The van der Waals surface area contributed by atoms with E-state index in [-0.39, 0.29) is 41.4 Å². The molecule has 1 aromatic rings. The van der Waals surface area contributed by atoms with E-state index in [1.165, 1.54) is 4.90 Å². The topological polar surface area (TPSA) is 66.5 Å². The highest BCUT2D eigenvalue weighted by Crippen LogP contribution is 2.50. The SMILES string of the molecule is Cc1cccc(C)c1NC(=O)C(C)N1C(=O)C2C3C=CC(CC3)C2C1=O. The molecule has 3 amide bonds. The average Bonchev–Trinajstić information content (AvgIpc) is 2.91. The first-order valence-electron chi connectivity index (χ1n) is 9.32. The van der Waals surface area contributed by atoms with Crippen LogP contribution in [0.1, 0.15) is 30.9 Å². The lowest BCUT2D eigenvalue weighted by Gasteiger charge is -2.38. The molecule has 5 rings (SSSR count). The quantitative estimate of drug-likeness (QED) is 0.672. The fraction of sp³-hybridized carbons (Fsp3) is 0.476. The van der Waals surface area contributed by atoms with Crippen LogP contribution in [-0.4, -0.2) is 28.7 Å². The number of benzene rings is 1. The monoisotopic (exact) mass is 352 g/mol. The van der Waals surface area contributed by atoms with Gasteiger partial charge < -0.3 is 5.32 Å². The number of carbonyl (C=O) groups excluding carboxylic acids is 3. The molecule has 1 saturated carbocycles. The Bertz CT molecular complexity index is 776. The summed E-state index contributed by atoms with van der Waals surface area (Å²) in [5, 5.41) is 2.91. The Morgan fingerprint density at radius 3 is 2.00 bits per heavy atom. The Balaban J connectivity index is 1.57. The van der Waals surface area contributed by atoms with Gasteiger partial charge >= 0.3 is 0 Å². The van der Waals surface area contributed by atoms with E-state index in [9.17, 15) is 14.4 Å². The number of hydrogen-bond acceptors (Lipinski definition) is 3. The average molecular weight is 352 g/mol. The molecule has 4 aliphatic rings. The number of imide groups is 1. The first-order chi connectivity index (χ1) is 12.4. The van der Waals surface area contributed by atoms with Crippen LogP contribution < -0.4 is 5.32 Å². The van der Waals surface area contributed by atoms with Crippen molar-refractivity contribution in [2.24, 2.45) is 23.7 Å². The Hall–Kier alpha value is -2.43. The summed E-state index contributed by atoms with van der Waals surface area (Å²) >= 11 is 0. The van der Waals surface area contributed by atoms with Crippen LogP contribution in [0.5, 0.6) is 0 Å². The predicted molar refractivity (Wildman–Crippen MR) is 98.2 cm³/mol. The molecule has 1 aliphatic heterocycles. The number of para-hydroxylation sites is 1. The third-order valence-corrected chi connectivity index (χ3v) is 6.29. The van der Waals surface area contributed by atoms with Gasteiger partial charge in [0.1, 0.15) is 6.04 Å². The molecule has 0 aromatic heterocycles. The van der Waals surface area contributed by atoms with E-state index in [0.717, 1.165) is 29.7 Å². The molecule has 26 heavy (non-hydrogen) atoms. The standard InChI is InChI=1S/C21H24N2O3/c1-11-5-4-6-12(2)18(11)22-19(24)13(3)23-20(25)16-14-7-8-15(10-9-14)17(16)21(23)26/h4-8,13-17H,9-10H2,1-3H3,(H,22,24). The molecule has 5 atom stereocenters. The minimum Gasteiger partial charge on any atom is -0.324 e. The van der Waals surface area contributed by atoms with Gasteiger partial charge in [0.15, 0.2) is 0 Å². The number of nitrogens with zero attached hydrogens (tertiary/aromatic N) is 1. The number of allylic oxidation sites excluding steroid dienone is 2. The van der Waals surface area contributed by atoms with Gasteiger partial charge in [0.25, 0.3) is 0 Å². The van der Waals surface area contributed by atoms with Crippen LogP contribution in [0.25, 0.3) is 0 Å². The third kappa shape index (κ3) is 2.41. The van der Waals surface area contributed by atoms with Crippen LogP contribution >= 0.6 is 0 Å². The number of likely N-dealkylation sites (tertiary alicyclic amines) is 1. The molecule has 1 heterocycles. The molecule has 5 nitrogen and oxygen atoms in total. The number of rotatable bonds is 3. The Kier molecular flexibility index (Phi) is 3.98. The van der Waals surface area contributed by atoms with Gasteiger partial charge in [-0.1, -0.05) is 30.4 Å². The highest BCUT2D eigenvalue weighted by Gasteiger charge is 2.58. The first-order valence-corrected chi connectivity index (χ1v) is 9.32. The number of amides is 3. The van der Waals surface area contributed by atoms with Gasteiger partial charge in [0, 0.05) is 5.69 Å². The molecule has 1 aromatic carbocycles. The van der Waals surface area contributed by atoms with E-state index in [1.54, 1.807) is 6.92 Å². The first kappa shape index (κ1) is 17.0. The van der Waals surface area contributed by atoms with Gasteiger partial charge in [-0.25, -0.2) is 0 Å². The van der Waals surface area contributed by atoms with Gasteiger partial charge in [-0.15, -0.1) is 0 Å². The van der Waals surface area contributed by atoms with Crippen LogP contribution in [0.2, 0.25) is 0 Å². The summed E-state index contributed by atoms with van der Waals surface area (Å²) < 4.78 is 0. The molecular weight excluding hydrogens is 328 g/mol. The normalized spacial score (nSPS) is 30.5. The van der Waals surface area contributed by atoms with Crippen molar-refractivity contribution in [3.63, 3.8) is 0 Å². The zero-order chi connectivity index (χ0) is 18.6. The van der Waals surface area contributed by atoms with Crippen molar-refractivity contribution in [1.29, 1.82) is 0 Å². The summed E-state index contributed by atoms with van der Waals surface area (Å²) in [5.74, 6) is -0.946. The van der Waals surface area contributed by atoms with E-state index in [2.05, 4.69) is 17.5 Å². The molecule has 5 unspecified atom stereocenters. The maximum Gasteiger partial charge on any atom is 0.247 e. The van der Waals surface area contributed by atoms with Crippen molar-refractivity contribution in [1.82, 2.24) is 4.90 Å². The number of carbonyl (C=O) groups is 3. The van der Waals surface area contributed by atoms with Crippen LogP contribution in [0.3, 0.4) is 0 Å². The number of hydrogen-bond donors (Lipinski definition) is 1. The van der Waals surface area contributed by atoms with Crippen molar-refractivity contribution in [3.05, 3.63) is 41.5 Å². The molecule has 1 saturated heterocycles. The van der Waals surface area contributed by atoms with Gasteiger partial charge in [-0.2, -0.15) is 0 Å². The van der Waals surface area contributed by atoms with Crippen LogP contribution in [0, 0.1) is 37.5 Å². The summed E-state index contributed by atoms with van der Waals surface area (Å²) in [6, 6.07) is 4.98. The smallest absolute Gasteiger partial charge is 0.247 e. The Labute approximate surface area is 153 Å². The van der Waals surface area contributed by atoms with Crippen LogP contribution in [-0.2, 0) is 14.4 Å². The largest absolute Gasteiger partial charge is 0.324 e. The summed E-state index contributed by atoms with van der Waals surface area (Å²) in [7, 11) is 0. The van der Waals surface area contributed by atoms with Crippen LogP contribution in [0.15, 0.2) is 30.4 Å². The van der Waals surface area contributed by atoms with E-state index >= 15 is 0 Å². The number of fused-ring (bicyclic) bond motifs is 1. The minimum absolute atomic E-state index is 0.139. The lowest BCUT2D eigenvalue weighted by atomic mass is 9.63. The predicted octanol–water partition coefficient (Wildman–Crippen LogP) is 2.83. The van der Waals surface area contributed by atoms with Gasteiger partial charge in [-0.05, 0) is 56.6 Å². The van der Waals surface area contributed by atoms with E-state index in [4.69, 9.17) is 0 Å². The van der Waals surface area contributed by atoms with E-state index < -0.39 is 6.04 Å². The molecule has 0 spiro atoms. The van der Waals surface area contributed by atoms with Crippen molar-refractivity contribution >= 4 is 23.4 Å². The van der Waals surface area contributed by atoms with E-state index in [0.29, 0.717) is 0 Å². The zero-order valence-electron chi connectivity index (χ0n) is 15.4. The van der Waals surface area contributed by atoms with Crippen molar-refractivity contribution < 1.29 is 14.4 Å². The molecule has 3 aliphatic carbocycles. The summed E-state index contributed by atoms with van der Waals surface area (Å²) in [4.78, 5) is 40.0. The fourth-order valence-corrected chi connectivity index (χ4v) is 4.84. The second-order valence-corrected chi connectivity index (χ2v) is 7.82. The number of nitrogens with one attached hydrogen (secondary N) is 1. The lowest BCUT2D eigenvalue weighted by molar-refractivity contribution is -0.146. The van der Waals surface area contributed by atoms with Crippen molar-refractivity contribution in [3.8, 4) is 0 Å².